The Morgan fingerprint density at radius 1 is 0.933 bits per heavy atom. The molecule has 2 aromatic carbocycles. The fraction of sp³-hybridized carbons (Fsp3) is 0.0476. The Labute approximate surface area is 168 Å². The van der Waals surface area contributed by atoms with Crippen molar-refractivity contribution in [2.75, 3.05) is 5.73 Å². The van der Waals surface area contributed by atoms with Crippen molar-refractivity contribution in [2.45, 2.75) is 6.18 Å². The van der Waals surface area contributed by atoms with Crippen LogP contribution in [0.5, 0.6) is 11.5 Å². The lowest BCUT2D eigenvalue weighted by Crippen LogP contribution is -2.13. The molecule has 0 aliphatic heterocycles. The number of pyridine rings is 1. The number of anilines is 1. The molecule has 5 nitrogen and oxygen atoms in total. The molecule has 0 aliphatic carbocycles. The minimum Gasteiger partial charge on any atom is -0.453 e. The molecular formula is C21H14F4N4O. The van der Waals surface area contributed by atoms with E-state index in [4.69, 9.17) is 10.5 Å². The number of para-hydroxylation sites is 2. The Bertz CT molecular complexity index is 1190. The van der Waals surface area contributed by atoms with E-state index in [-0.39, 0.29) is 22.8 Å². The van der Waals surface area contributed by atoms with Crippen LogP contribution in [0.15, 0.2) is 73.2 Å². The van der Waals surface area contributed by atoms with E-state index in [2.05, 4.69) is 9.97 Å². The van der Waals surface area contributed by atoms with Crippen LogP contribution in [0.4, 0.5) is 23.4 Å². The largest absolute Gasteiger partial charge is 0.453 e. The van der Waals surface area contributed by atoms with E-state index >= 15 is 0 Å². The Morgan fingerprint density at radius 3 is 2.40 bits per heavy atom. The Kier molecular flexibility index (Phi) is 4.86. The molecule has 2 N–H and O–H groups in total. The van der Waals surface area contributed by atoms with E-state index in [1.54, 1.807) is 18.2 Å². The Morgan fingerprint density at radius 2 is 1.70 bits per heavy atom. The summed E-state index contributed by atoms with van der Waals surface area (Å²) >= 11 is 0. The van der Waals surface area contributed by atoms with Crippen molar-refractivity contribution in [1.29, 1.82) is 0 Å². The molecule has 30 heavy (non-hydrogen) atoms. The summed E-state index contributed by atoms with van der Waals surface area (Å²) in [6, 6.07) is 14.4. The summed E-state index contributed by atoms with van der Waals surface area (Å²) in [5.74, 6) is -0.989. The Balaban J connectivity index is 1.90. The monoisotopic (exact) mass is 414 g/mol. The van der Waals surface area contributed by atoms with Crippen LogP contribution in [0.25, 0.3) is 16.9 Å². The fourth-order valence-corrected chi connectivity index (χ4v) is 3.01. The van der Waals surface area contributed by atoms with Crippen molar-refractivity contribution < 1.29 is 22.3 Å². The average molecular weight is 414 g/mol. The number of nitrogen functional groups attached to an aromatic ring is 1. The lowest BCUT2D eigenvalue weighted by Gasteiger charge is -2.15. The highest BCUT2D eigenvalue weighted by atomic mass is 19.4. The number of hydrogen-bond acceptors (Lipinski definition) is 4. The van der Waals surface area contributed by atoms with Gasteiger partial charge >= 0.3 is 6.18 Å². The Hall–Kier alpha value is -3.88. The maximum atomic E-state index is 14.6. The third kappa shape index (κ3) is 3.69. The first-order chi connectivity index (χ1) is 14.3. The van der Waals surface area contributed by atoms with Gasteiger partial charge in [-0.3, -0.25) is 4.57 Å². The van der Waals surface area contributed by atoms with Crippen LogP contribution < -0.4 is 10.5 Å². The first-order valence-corrected chi connectivity index (χ1v) is 8.73. The predicted molar refractivity (Wildman–Crippen MR) is 103 cm³/mol. The number of hydrogen-bond donors (Lipinski definition) is 1. The van der Waals surface area contributed by atoms with Crippen LogP contribution >= 0.6 is 0 Å². The number of nitrogens with zero attached hydrogens (tertiary/aromatic N) is 3. The molecule has 9 heteroatoms. The van der Waals surface area contributed by atoms with Crippen molar-refractivity contribution in [3.8, 4) is 28.4 Å². The number of alkyl halides is 3. The molecule has 2 heterocycles. The highest BCUT2D eigenvalue weighted by molar-refractivity contribution is 5.71. The molecule has 152 valence electrons. The number of halogens is 4. The first-order valence-electron chi connectivity index (χ1n) is 8.73. The van der Waals surface area contributed by atoms with Crippen LogP contribution in [0.1, 0.15) is 5.69 Å². The van der Waals surface area contributed by atoms with Crippen LogP contribution in [0, 0.1) is 5.82 Å². The van der Waals surface area contributed by atoms with Gasteiger partial charge in [0, 0.05) is 23.5 Å². The maximum absolute atomic E-state index is 14.6. The number of benzene rings is 2. The number of nitrogens with two attached hydrogens (primary N) is 1. The normalized spacial score (nSPS) is 11.5. The smallest absolute Gasteiger partial charge is 0.433 e. The van der Waals surface area contributed by atoms with Gasteiger partial charge in [0.2, 0.25) is 0 Å². The zero-order valence-corrected chi connectivity index (χ0v) is 15.3. The summed E-state index contributed by atoms with van der Waals surface area (Å²) in [6.45, 7) is 0. The molecule has 0 unspecified atom stereocenters. The fourth-order valence-electron chi connectivity index (χ4n) is 3.01. The molecule has 0 bridgehead atoms. The van der Waals surface area contributed by atoms with Gasteiger partial charge in [-0.1, -0.05) is 24.3 Å². The number of aromatic nitrogens is 3. The lowest BCUT2D eigenvalue weighted by atomic mass is 10.1. The second kappa shape index (κ2) is 7.51. The summed E-state index contributed by atoms with van der Waals surface area (Å²) in [6.07, 6.45) is -2.37. The molecule has 0 aliphatic rings. The van der Waals surface area contributed by atoms with E-state index < -0.39 is 29.1 Å². The van der Waals surface area contributed by atoms with Gasteiger partial charge in [-0.05, 0) is 30.3 Å². The van der Waals surface area contributed by atoms with Gasteiger partial charge in [-0.25, -0.2) is 14.4 Å². The third-order valence-electron chi connectivity index (χ3n) is 4.26. The lowest BCUT2D eigenvalue weighted by molar-refractivity contribution is -0.141. The summed E-state index contributed by atoms with van der Waals surface area (Å²) in [5, 5.41) is 0. The molecule has 2 aromatic heterocycles. The van der Waals surface area contributed by atoms with Gasteiger partial charge in [-0.2, -0.15) is 13.2 Å². The second-order valence-electron chi connectivity index (χ2n) is 6.28. The van der Waals surface area contributed by atoms with Crippen molar-refractivity contribution in [3.05, 3.63) is 84.7 Å². The zero-order valence-electron chi connectivity index (χ0n) is 15.3. The highest BCUT2D eigenvalue weighted by Crippen LogP contribution is 2.42. The van der Waals surface area contributed by atoms with Gasteiger partial charge in [-0.15, -0.1) is 0 Å². The van der Waals surface area contributed by atoms with Crippen molar-refractivity contribution >= 4 is 5.82 Å². The zero-order chi connectivity index (χ0) is 21.3. The minimum absolute atomic E-state index is 0.120. The van der Waals surface area contributed by atoms with Gasteiger partial charge in [0.15, 0.2) is 17.3 Å². The minimum atomic E-state index is -4.76. The van der Waals surface area contributed by atoms with Crippen LogP contribution in [0.2, 0.25) is 0 Å². The molecule has 0 amide bonds. The molecule has 0 fully saturated rings. The van der Waals surface area contributed by atoms with Crippen molar-refractivity contribution in [1.82, 2.24) is 14.5 Å². The topological polar surface area (TPSA) is 66.0 Å². The third-order valence-corrected chi connectivity index (χ3v) is 4.26. The van der Waals surface area contributed by atoms with Crippen LogP contribution in [-0.4, -0.2) is 14.5 Å². The summed E-state index contributed by atoms with van der Waals surface area (Å²) in [4.78, 5) is 7.76. The summed E-state index contributed by atoms with van der Waals surface area (Å²) in [7, 11) is 0. The molecule has 0 saturated carbocycles. The average Bonchev–Trinajstić information content (AvgIpc) is 3.16. The molecule has 0 spiro atoms. The van der Waals surface area contributed by atoms with Crippen molar-refractivity contribution in [2.24, 2.45) is 0 Å². The quantitative estimate of drug-likeness (QED) is 0.450. The number of imidazole rings is 1. The summed E-state index contributed by atoms with van der Waals surface area (Å²) in [5.41, 5.74) is 4.22. The van der Waals surface area contributed by atoms with Gasteiger partial charge in [0.05, 0.1) is 0 Å². The standard InChI is InChI=1S/C21H14F4N4O/c22-16-8-4-7-15(19(16)30-14-9-10-27-17(26)11-14)18-20(21(23,24)25)29(12-28-18)13-5-2-1-3-6-13/h1-12H,(H2,26,27). The molecular weight excluding hydrogens is 400 g/mol. The molecule has 0 radical (unpaired) electrons. The van der Waals surface area contributed by atoms with Gasteiger partial charge < -0.3 is 10.5 Å². The number of rotatable bonds is 4. The SMILES string of the molecule is Nc1cc(Oc2c(F)cccc2-c2ncn(-c3ccccc3)c2C(F)(F)F)ccn1. The molecule has 0 saturated heterocycles. The van der Waals surface area contributed by atoms with E-state index in [1.807, 2.05) is 0 Å². The highest BCUT2D eigenvalue weighted by Gasteiger charge is 2.40. The van der Waals surface area contributed by atoms with Crippen LogP contribution in [0.3, 0.4) is 0 Å². The first kappa shape index (κ1) is 19.4. The molecule has 4 aromatic rings. The van der Waals surface area contributed by atoms with E-state index in [0.29, 0.717) is 0 Å². The van der Waals surface area contributed by atoms with E-state index in [9.17, 15) is 17.6 Å². The second-order valence-corrected chi connectivity index (χ2v) is 6.28. The maximum Gasteiger partial charge on any atom is 0.433 e. The van der Waals surface area contributed by atoms with Crippen LogP contribution in [-0.2, 0) is 6.18 Å². The van der Waals surface area contributed by atoms with E-state index in [0.717, 1.165) is 17.0 Å². The molecule has 4 rings (SSSR count). The van der Waals surface area contributed by atoms with Gasteiger partial charge in [0.1, 0.15) is 23.6 Å². The van der Waals surface area contributed by atoms with E-state index in [1.165, 1.54) is 42.6 Å². The predicted octanol–water partition coefficient (Wildman–Crippen LogP) is 5.47. The molecule has 0 atom stereocenters. The summed E-state index contributed by atoms with van der Waals surface area (Å²) < 4.78 is 63.1. The number of ether oxygens (including phenoxy) is 1. The van der Waals surface area contributed by atoms with Gasteiger partial charge in [0.25, 0.3) is 0 Å². The van der Waals surface area contributed by atoms with Crippen molar-refractivity contribution in [3.63, 3.8) is 0 Å².